The van der Waals surface area contributed by atoms with Crippen molar-refractivity contribution in [1.82, 2.24) is 20.4 Å². The van der Waals surface area contributed by atoms with E-state index in [2.05, 4.69) is 20.4 Å². The molecule has 0 saturated carbocycles. The average molecular weight is 329 g/mol. The highest BCUT2D eigenvalue weighted by molar-refractivity contribution is 8.01. The number of aromatic amines is 1. The summed E-state index contributed by atoms with van der Waals surface area (Å²) in [4.78, 5) is 4.52. The van der Waals surface area contributed by atoms with Crippen molar-refractivity contribution in [3.8, 4) is 11.3 Å². The molecule has 0 aliphatic heterocycles. The maximum absolute atomic E-state index is 6.00. The van der Waals surface area contributed by atoms with Gasteiger partial charge in [-0.05, 0) is 23.9 Å². The third kappa shape index (κ3) is 2.92. The van der Waals surface area contributed by atoms with Crippen LogP contribution in [-0.2, 0) is 0 Å². The van der Waals surface area contributed by atoms with Crippen molar-refractivity contribution in [2.45, 2.75) is 9.37 Å². The van der Waals surface area contributed by atoms with E-state index in [4.69, 9.17) is 23.2 Å². The molecule has 2 aromatic heterocycles. The number of rotatable bonds is 3. The van der Waals surface area contributed by atoms with Crippen molar-refractivity contribution in [3.63, 3.8) is 0 Å². The van der Waals surface area contributed by atoms with E-state index in [1.807, 2.05) is 17.5 Å². The number of benzene rings is 1. The summed E-state index contributed by atoms with van der Waals surface area (Å²) >= 11 is 14.9. The second kappa shape index (κ2) is 5.50. The van der Waals surface area contributed by atoms with Crippen LogP contribution in [0.15, 0.2) is 39.1 Å². The normalized spacial score (nSPS) is 10.8. The molecule has 0 fully saturated rings. The number of hydrogen-bond donors (Lipinski definition) is 1. The molecule has 0 radical (unpaired) electrons. The second-order valence-electron chi connectivity index (χ2n) is 3.54. The molecule has 0 amide bonds. The topological polar surface area (TPSA) is 54.5 Å². The summed E-state index contributed by atoms with van der Waals surface area (Å²) in [6, 6.07) is 5.47. The van der Waals surface area contributed by atoms with Crippen molar-refractivity contribution in [2.75, 3.05) is 0 Å². The van der Waals surface area contributed by atoms with Crippen molar-refractivity contribution < 1.29 is 0 Å². The fourth-order valence-corrected chi connectivity index (χ4v) is 3.38. The van der Waals surface area contributed by atoms with E-state index in [1.54, 1.807) is 23.6 Å². The lowest BCUT2D eigenvalue weighted by Gasteiger charge is -1.99. The van der Waals surface area contributed by atoms with E-state index < -0.39 is 0 Å². The zero-order valence-electron chi connectivity index (χ0n) is 9.30. The van der Waals surface area contributed by atoms with Crippen LogP contribution in [0.4, 0.5) is 0 Å². The predicted octanol–water partition coefficient (Wildman–Crippen LogP) is 4.39. The quantitative estimate of drug-likeness (QED) is 0.774. The minimum absolute atomic E-state index is 0.526. The molecular formula is C11H6Cl2N4S2. The lowest BCUT2D eigenvalue weighted by molar-refractivity contribution is 0.911. The van der Waals surface area contributed by atoms with Crippen LogP contribution in [0.3, 0.4) is 0 Å². The molecule has 2 heterocycles. The zero-order chi connectivity index (χ0) is 13.2. The Labute approximate surface area is 127 Å². The smallest absolute Gasteiger partial charge is 0.156 e. The Balaban J connectivity index is 1.86. The first kappa shape index (κ1) is 12.9. The Morgan fingerprint density at radius 3 is 2.84 bits per heavy atom. The van der Waals surface area contributed by atoms with Gasteiger partial charge in [0.2, 0.25) is 0 Å². The van der Waals surface area contributed by atoms with Gasteiger partial charge in [-0.1, -0.05) is 29.3 Å². The van der Waals surface area contributed by atoms with E-state index in [1.165, 1.54) is 11.8 Å². The van der Waals surface area contributed by atoms with Gasteiger partial charge in [0.1, 0.15) is 5.03 Å². The number of thiazole rings is 1. The number of halogens is 2. The molecule has 3 rings (SSSR count). The summed E-state index contributed by atoms with van der Waals surface area (Å²) in [7, 11) is 0. The first-order valence-electron chi connectivity index (χ1n) is 5.17. The molecular weight excluding hydrogens is 323 g/mol. The van der Waals surface area contributed by atoms with Gasteiger partial charge < -0.3 is 0 Å². The Morgan fingerprint density at radius 2 is 2.11 bits per heavy atom. The number of H-pyrrole nitrogens is 1. The number of nitrogens with zero attached hydrogens (tertiary/aromatic N) is 3. The Bertz CT molecular complexity index is 697. The number of nitrogens with one attached hydrogen (secondary N) is 1. The molecule has 4 nitrogen and oxygen atoms in total. The van der Waals surface area contributed by atoms with Crippen LogP contribution in [0.5, 0.6) is 0 Å². The minimum Gasteiger partial charge on any atom is -0.229 e. The summed E-state index contributed by atoms with van der Waals surface area (Å²) in [5.41, 5.74) is 1.81. The highest BCUT2D eigenvalue weighted by Gasteiger charge is 2.09. The van der Waals surface area contributed by atoms with Gasteiger partial charge in [-0.15, -0.1) is 16.4 Å². The van der Waals surface area contributed by atoms with Gasteiger partial charge in [0.05, 0.1) is 21.9 Å². The highest BCUT2D eigenvalue weighted by atomic mass is 35.5. The van der Waals surface area contributed by atoms with Crippen LogP contribution < -0.4 is 0 Å². The minimum atomic E-state index is 0.526. The monoisotopic (exact) mass is 328 g/mol. The summed E-state index contributed by atoms with van der Waals surface area (Å²) in [6.45, 7) is 0. The van der Waals surface area contributed by atoms with E-state index >= 15 is 0 Å². The molecule has 0 aliphatic carbocycles. The van der Waals surface area contributed by atoms with E-state index in [0.717, 1.165) is 20.6 Å². The standard InChI is InChI=1S/C11H6Cl2N4S2/c12-7-2-1-6(3-8(7)13)9-5-18-11(15-9)19-10-4-14-17-16-10/h1-5H,(H,14,16,17). The molecule has 0 saturated heterocycles. The molecule has 3 aromatic rings. The molecule has 0 atom stereocenters. The van der Waals surface area contributed by atoms with Crippen LogP contribution in [0, 0.1) is 0 Å². The maximum Gasteiger partial charge on any atom is 0.156 e. The van der Waals surface area contributed by atoms with E-state index in [9.17, 15) is 0 Å². The molecule has 0 unspecified atom stereocenters. The molecule has 1 N–H and O–H groups in total. The maximum atomic E-state index is 6.00. The lowest BCUT2D eigenvalue weighted by Crippen LogP contribution is -1.79. The second-order valence-corrected chi connectivity index (χ2v) is 6.48. The molecule has 0 spiro atoms. The zero-order valence-corrected chi connectivity index (χ0v) is 12.4. The van der Waals surface area contributed by atoms with E-state index in [-0.39, 0.29) is 0 Å². The van der Waals surface area contributed by atoms with Crippen LogP contribution in [-0.4, -0.2) is 20.4 Å². The van der Waals surface area contributed by atoms with Crippen LogP contribution >= 0.6 is 46.3 Å². The summed E-state index contributed by atoms with van der Waals surface area (Å²) < 4.78 is 0.898. The molecule has 96 valence electrons. The highest BCUT2D eigenvalue weighted by Crippen LogP contribution is 2.33. The molecule has 8 heteroatoms. The van der Waals surface area contributed by atoms with E-state index in [0.29, 0.717) is 10.0 Å². The fourth-order valence-electron chi connectivity index (χ4n) is 1.42. The van der Waals surface area contributed by atoms with Gasteiger partial charge >= 0.3 is 0 Å². The van der Waals surface area contributed by atoms with Gasteiger partial charge in [0.25, 0.3) is 0 Å². The van der Waals surface area contributed by atoms with Crippen LogP contribution in [0.2, 0.25) is 10.0 Å². The van der Waals surface area contributed by atoms with Crippen LogP contribution in [0.1, 0.15) is 0 Å². The third-order valence-corrected chi connectivity index (χ3v) is 4.87. The number of hydrogen-bond acceptors (Lipinski definition) is 5. The summed E-state index contributed by atoms with van der Waals surface area (Å²) in [5, 5.41) is 14.1. The molecule has 0 aliphatic rings. The number of aromatic nitrogens is 4. The summed E-state index contributed by atoms with van der Waals surface area (Å²) in [5.74, 6) is 0. The molecule has 1 aromatic carbocycles. The molecule has 0 bridgehead atoms. The Hall–Kier alpha value is -1.08. The van der Waals surface area contributed by atoms with Crippen molar-refractivity contribution in [2.24, 2.45) is 0 Å². The Kier molecular flexibility index (Phi) is 3.74. The average Bonchev–Trinajstić information content (AvgIpc) is 3.05. The van der Waals surface area contributed by atoms with Gasteiger partial charge in [-0.3, -0.25) is 0 Å². The first-order chi connectivity index (χ1) is 9.22. The fraction of sp³-hybridized carbons (Fsp3) is 0. The van der Waals surface area contributed by atoms with Gasteiger partial charge in [0, 0.05) is 10.9 Å². The predicted molar refractivity (Wildman–Crippen MR) is 78.1 cm³/mol. The first-order valence-corrected chi connectivity index (χ1v) is 7.62. The Morgan fingerprint density at radius 1 is 1.21 bits per heavy atom. The van der Waals surface area contributed by atoms with Crippen molar-refractivity contribution >= 4 is 46.3 Å². The van der Waals surface area contributed by atoms with Gasteiger partial charge in [0.15, 0.2) is 4.34 Å². The van der Waals surface area contributed by atoms with Crippen molar-refractivity contribution in [3.05, 3.63) is 39.8 Å². The van der Waals surface area contributed by atoms with Gasteiger partial charge in [-0.25, -0.2) is 4.98 Å². The van der Waals surface area contributed by atoms with Gasteiger partial charge in [-0.2, -0.15) is 10.3 Å². The third-order valence-electron chi connectivity index (χ3n) is 2.28. The molecule has 19 heavy (non-hydrogen) atoms. The van der Waals surface area contributed by atoms with Crippen molar-refractivity contribution in [1.29, 1.82) is 0 Å². The SMILES string of the molecule is Clc1ccc(-c2csc(Sc3cn[nH]n3)n2)cc1Cl. The largest absolute Gasteiger partial charge is 0.229 e. The summed E-state index contributed by atoms with van der Waals surface area (Å²) in [6.07, 6.45) is 1.66. The van der Waals surface area contributed by atoms with Crippen LogP contribution in [0.25, 0.3) is 11.3 Å². The lowest BCUT2D eigenvalue weighted by atomic mass is 10.2.